The minimum absolute atomic E-state index is 0.510. The topological polar surface area (TPSA) is 39.8 Å². The van der Waals surface area contributed by atoms with Gasteiger partial charge in [-0.25, -0.2) is 4.73 Å². The molecule has 0 radical (unpaired) electrons. The van der Waals surface area contributed by atoms with Crippen LogP contribution in [-0.4, -0.2) is 11.2 Å². The molecule has 5 heteroatoms. The van der Waals surface area contributed by atoms with Crippen molar-refractivity contribution in [3.63, 3.8) is 0 Å². The Morgan fingerprint density at radius 1 is 1.19 bits per heavy atom. The molecule has 0 fully saturated rings. The zero-order chi connectivity index (χ0) is 14.8. The fraction of sp³-hybridized carbons (Fsp3) is 0.125. The zero-order valence-electron chi connectivity index (χ0n) is 11.4. The van der Waals surface area contributed by atoms with Crippen molar-refractivity contribution < 1.29 is 4.73 Å². The van der Waals surface area contributed by atoms with E-state index in [1.54, 1.807) is 23.9 Å². The number of benzene rings is 2. The number of hydrogen-bond donors (Lipinski definition) is 0. The monoisotopic (exact) mass is 316 g/mol. The lowest BCUT2D eigenvalue weighted by atomic mass is 10.1. The first-order chi connectivity index (χ1) is 10.2. The molecule has 0 spiro atoms. The molecule has 1 aromatic heterocycles. The van der Waals surface area contributed by atoms with E-state index < -0.39 is 0 Å². The van der Waals surface area contributed by atoms with Crippen LogP contribution >= 0.6 is 23.4 Å². The van der Waals surface area contributed by atoms with Gasteiger partial charge in [0.05, 0.1) is 11.1 Å². The summed E-state index contributed by atoms with van der Waals surface area (Å²) in [5, 5.41) is 14.1. The third-order valence-corrected chi connectivity index (χ3v) is 4.00. The number of aromatic nitrogens is 2. The van der Waals surface area contributed by atoms with Crippen LogP contribution in [0.5, 0.6) is 0 Å². The second kappa shape index (κ2) is 5.92. The molecule has 0 saturated carbocycles. The van der Waals surface area contributed by atoms with E-state index in [1.807, 2.05) is 42.7 Å². The van der Waals surface area contributed by atoms with E-state index in [-0.39, 0.29) is 0 Å². The molecule has 0 aliphatic heterocycles. The Balaban J connectivity index is 2.38. The molecule has 0 saturated heterocycles. The fourth-order valence-corrected chi connectivity index (χ4v) is 2.92. The van der Waals surface area contributed by atoms with E-state index in [9.17, 15) is 5.21 Å². The van der Waals surface area contributed by atoms with E-state index >= 15 is 0 Å². The maximum absolute atomic E-state index is 12.7. The molecule has 0 amide bonds. The largest absolute Gasteiger partial charge is 0.710 e. The second-order valence-corrected chi connectivity index (χ2v) is 5.93. The molecule has 3 rings (SSSR count). The number of rotatable bonds is 3. The van der Waals surface area contributed by atoms with Crippen LogP contribution in [0.2, 0.25) is 5.02 Å². The highest BCUT2D eigenvalue weighted by atomic mass is 35.5. The first kappa shape index (κ1) is 14.2. The lowest BCUT2D eigenvalue weighted by Gasteiger charge is -2.14. The molecular formula is C16H13ClN2OS. The summed E-state index contributed by atoms with van der Waals surface area (Å²) < 4.78 is 0.921. The van der Waals surface area contributed by atoms with Crippen LogP contribution in [0.15, 0.2) is 48.5 Å². The Bertz CT molecular complexity index is 793. The zero-order valence-corrected chi connectivity index (χ0v) is 13.0. The lowest BCUT2D eigenvalue weighted by molar-refractivity contribution is -0.603. The van der Waals surface area contributed by atoms with Crippen molar-refractivity contribution in [2.24, 2.45) is 0 Å². The van der Waals surface area contributed by atoms with Gasteiger partial charge in [0.15, 0.2) is 5.52 Å². The van der Waals surface area contributed by atoms with E-state index in [0.29, 0.717) is 22.3 Å². The van der Waals surface area contributed by atoms with E-state index in [2.05, 4.69) is 4.98 Å². The van der Waals surface area contributed by atoms with Crippen LogP contribution in [0.1, 0.15) is 5.82 Å². The Hall–Kier alpha value is -1.78. The molecule has 0 bridgehead atoms. The third-order valence-electron chi connectivity index (χ3n) is 3.22. The van der Waals surface area contributed by atoms with Gasteiger partial charge in [0.2, 0.25) is 0 Å². The summed E-state index contributed by atoms with van der Waals surface area (Å²) >= 11 is 7.66. The third kappa shape index (κ3) is 2.69. The molecular weight excluding hydrogens is 304 g/mol. The minimum atomic E-state index is 0.510. The predicted molar refractivity (Wildman–Crippen MR) is 88.4 cm³/mol. The Morgan fingerprint density at radius 3 is 2.67 bits per heavy atom. The quantitative estimate of drug-likeness (QED) is 0.540. The van der Waals surface area contributed by atoms with Crippen LogP contribution in [-0.2, 0) is 5.75 Å². The SMILES string of the molecule is CSCc1nc2ccc(Cl)cc2c(-c2ccccc2)[n+]1[O-]. The average molecular weight is 317 g/mol. The highest BCUT2D eigenvalue weighted by Crippen LogP contribution is 2.27. The van der Waals surface area contributed by atoms with Crippen molar-refractivity contribution >= 4 is 34.3 Å². The number of thioether (sulfide) groups is 1. The smallest absolute Gasteiger partial charge is 0.312 e. The van der Waals surface area contributed by atoms with Gasteiger partial charge in [0, 0.05) is 10.6 Å². The highest BCUT2D eigenvalue weighted by Gasteiger charge is 2.19. The lowest BCUT2D eigenvalue weighted by Crippen LogP contribution is -2.36. The van der Waals surface area contributed by atoms with Crippen molar-refractivity contribution in [2.75, 3.05) is 6.26 Å². The van der Waals surface area contributed by atoms with Crippen LogP contribution in [0.4, 0.5) is 0 Å². The number of fused-ring (bicyclic) bond motifs is 1. The molecule has 2 aromatic carbocycles. The summed E-state index contributed by atoms with van der Waals surface area (Å²) in [6.07, 6.45) is 1.95. The van der Waals surface area contributed by atoms with Gasteiger partial charge in [-0.3, -0.25) is 0 Å². The average Bonchev–Trinajstić information content (AvgIpc) is 2.50. The molecule has 3 nitrogen and oxygen atoms in total. The number of halogens is 1. The standard InChI is InChI=1S/C16H13ClN2OS/c1-21-10-15-18-14-8-7-12(17)9-13(14)16(19(15)20)11-5-3-2-4-6-11/h2-9H,10H2,1H3. The molecule has 1 heterocycles. The van der Waals surface area contributed by atoms with Crippen LogP contribution in [0, 0.1) is 5.21 Å². The molecule has 0 atom stereocenters. The van der Waals surface area contributed by atoms with Crippen molar-refractivity contribution in [1.82, 2.24) is 4.98 Å². The summed E-state index contributed by atoms with van der Waals surface area (Å²) in [7, 11) is 0. The van der Waals surface area contributed by atoms with Crippen molar-refractivity contribution in [1.29, 1.82) is 0 Å². The molecule has 106 valence electrons. The van der Waals surface area contributed by atoms with Crippen LogP contribution in [0.25, 0.3) is 22.2 Å². The van der Waals surface area contributed by atoms with Crippen LogP contribution < -0.4 is 4.73 Å². The Morgan fingerprint density at radius 2 is 1.95 bits per heavy atom. The highest BCUT2D eigenvalue weighted by molar-refractivity contribution is 7.97. The summed E-state index contributed by atoms with van der Waals surface area (Å²) in [6, 6.07) is 15.1. The normalized spacial score (nSPS) is 11.0. The molecule has 0 aliphatic carbocycles. The van der Waals surface area contributed by atoms with Gasteiger partial charge in [-0.05, 0) is 29.4 Å². The summed E-state index contributed by atoms with van der Waals surface area (Å²) in [6.45, 7) is 0. The first-order valence-corrected chi connectivity index (χ1v) is 8.24. The molecule has 0 N–H and O–H groups in total. The summed E-state index contributed by atoms with van der Waals surface area (Å²) in [4.78, 5) is 4.46. The van der Waals surface area contributed by atoms with Gasteiger partial charge in [-0.1, -0.05) is 41.9 Å². The van der Waals surface area contributed by atoms with Crippen molar-refractivity contribution in [2.45, 2.75) is 5.75 Å². The van der Waals surface area contributed by atoms with Crippen molar-refractivity contribution in [3.05, 3.63) is 64.6 Å². The van der Waals surface area contributed by atoms with E-state index in [4.69, 9.17) is 11.6 Å². The first-order valence-electron chi connectivity index (χ1n) is 6.47. The molecule has 3 aromatic rings. The van der Waals surface area contributed by atoms with Gasteiger partial charge in [0.25, 0.3) is 0 Å². The van der Waals surface area contributed by atoms with Gasteiger partial charge in [-0.15, -0.1) is 0 Å². The Labute approximate surface area is 132 Å². The van der Waals surface area contributed by atoms with Crippen LogP contribution in [0.3, 0.4) is 0 Å². The minimum Gasteiger partial charge on any atom is -0.710 e. The van der Waals surface area contributed by atoms with E-state index in [0.717, 1.165) is 21.2 Å². The molecule has 0 aliphatic rings. The summed E-state index contributed by atoms with van der Waals surface area (Å²) in [5.41, 5.74) is 2.26. The maximum Gasteiger partial charge on any atom is 0.312 e. The van der Waals surface area contributed by atoms with Gasteiger partial charge < -0.3 is 5.21 Å². The Kier molecular flexibility index (Phi) is 3.99. The maximum atomic E-state index is 12.7. The van der Waals surface area contributed by atoms with Gasteiger partial charge in [0.1, 0.15) is 5.69 Å². The second-order valence-electron chi connectivity index (χ2n) is 4.63. The van der Waals surface area contributed by atoms with Crippen molar-refractivity contribution in [3.8, 4) is 11.3 Å². The summed E-state index contributed by atoms with van der Waals surface area (Å²) in [5.74, 6) is 1.08. The van der Waals surface area contributed by atoms with E-state index in [1.165, 1.54) is 0 Å². The molecule has 21 heavy (non-hydrogen) atoms. The number of nitrogens with zero attached hydrogens (tertiary/aromatic N) is 2. The number of hydrogen-bond acceptors (Lipinski definition) is 3. The fourth-order valence-electron chi connectivity index (χ4n) is 2.31. The predicted octanol–water partition coefficient (Wildman–Crippen LogP) is 4.05. The van der Waals surface area contributed by atoms with Gasteiger partial charge >= 0.3 is 5.82 Å². The van der Waals surface area contributed by atoms with Gasteiger partial charge in [-0.2, -0.15) is 11.8 Å². The molecule has 0 unspecified atom stereocenters.